The summed E-state index contributed by atoms with van der Waals surface area (Å²) in [6, 6.07) is 2.69. The van der Waals surface area contributed by atoms with Gasteiger partial charge in [0.25, 0.3) is 0 Å². The molecule has 16 nitrogen and oxygen atoms in total. The minimum absolute atomic E-state index is 0.0118. The molecule has 360 valence electrons. The lowest BCUT2D eigenvalue weighted by atomic mass is 9.96. The highest BCUT2D eigenvalue weighted by molar-refractivity contribution is 5.90. The first kappa shape index (κ1) is 55.5. The second-order valence-electron chi connectivity index (χ2n) is 17.2. The fourth-order valence-electron chi connectivity index (χ4n) is 7.78. The Morgan fingerprint density at radius 3 is 1.76 bits per heavy atom. The fourth-order valence-corrected chi connectivity index (χ4v) is 7.78. The van der Waals surface area contributed by atoms with Crippen LogP contribution in [-0.2, 0) is 44.6 Å². The number of hydrogen-bond acceptors (Lipinski definition) is 13. The van der Waals surface area contributed by atoms with E-state index >= 15 is 0 Å². The predicted octanol–water partition coefficient (Wildman–Crippen LogP) is 4.88. The van der Waals surface area contributed by atoms with Gasteiger partial charge in [0.2, 0.25) is 17.7 Å². The molecule has 1 aromatic carbocycles. The van der Waals surface area contributed by atoms with Crippen molar-refractivity contribution in [3.8, 4) is 5.75 Å². The first-order chi connectivity index (χ1) is 30.2. The van der Waals surface area contributed by atoms with Gasteiger partial charge >= 0.3 is 11.9 Å². The number of carbonyl (C=O) groups excluding carboxylic acids is 5. The van der Waals surface area contributed by atoms with Crippen LogP contribution < -0.4 is 21.7 Å². The number of aromatic hydroxyl groups is 1. The number of rotatable bonds is 35. The van der Waals surface area contributed by atoms with E-state index in [0.29, 0.717) is 12.0 Å². The highest BCUT2D eigenvalue weighted by Gasteiger charge is 2.46. The Balaban J connectivity index is 1.74. The summed E-state index contributed by atoms with van der Waals surface area (Å²) in [5.74, 6) is -3.51. The van der Waals surface area contributed by atoms with Crippen LogP contribution in [0.2, 0.25) is 0 Å². The smallest absolute Gasteiger partial charge is 0.313 e. The topological polar surface area (TPSA) is 256 Å². The number of hydrogen-bond donors (Lipinski definition) is 8. The first-order valence-corrected chi connectivity index (χ1v) is 23.6. The molecule has 1 fully saturated rings. The van der Waals surface area contributed by atoms with Crippen molar-refractivity contribution in [1.29, 1.82) is 0 Å². The number of primary amides is 1. The summed E-state index contributed by atoms with van der Waals surface area (Å²) < 4.78 is 16.2. The van der Waals surface area contributed by atoms with Crippen molar-refractivity contribution in [3.63, 3.8) is 0 Å². The van der Waals surface area contributed by atoms with Gasteiger partial charge in [-0.3, -0.25) is 24.0 Å². The van der Waals surface area contributed by atoms with Gasteiger partial charge in [0.1, 0.15) is 36.1 Å². The molecule has 0 radical (unpaired) electrons. The van der Waals surface area contributed by atoms with Crippen molar-refractivity contribution in [3.05, 3.63) is 29.8 Å². The van der Waals surface area contributed by atoms with E-state index in [0.717, 1.165) is 19.3 Å². The van der Waals surface area contributed by atoms with Crippen LogP contribution >= 0.6 is 0 Å². The zero-order chi connectivity index (χ0) is 46.4. The Bertz CT molecular complexity index is 1450. The third-order valence-electron chi connectivity index (χ3n) is 11.5. The van der Waals surface area contributed by atoms with E-state index in [2.05, 4.69) is 22.9 Å². The van der Waals surface area contributed by atoms with Gasteiger partial charge in [-0.15, -0.1) is 0 Å². The number of nitrogens with two attached hydrogens (primary N) is 1. The van der Waals surface area contributed by atoms with E-state index in [-0.39, 0.29) is 38.0 Å². The lowest BCUT2D eigenvalue weighted by Gasteiger charge is -2.43. The zero-order valence-corrected chi connectivity index (χ0v) is 38.2. The molecule has 0 aromatic heterocycles. The minimum Gasteiger partial charge on any atom is -0.508 e. The van der Waals surface area contributed by atoms with E-state index < -0.39 is 85.1 Å². The molecule has 0 spiro atoms. The van der Waals surface area contributed by atoms with Gasteiger partial charge in [0.05, 0.1) is 18.8 Å². The number of phenols is 1. The summed E-state index contributed by atoms with van der Waals surface area (Å²) in [7, 11) is 0. The van der Waals surface area contributed by atoms with Gasteiger partial charge in [0, 0.05) is 26.3 Å². The maximum atomic E-state index is 13.6. The number of esters is 2. The van der Waals surface area contributed by atoms with Crippen LogP contribution in [0.25, 0.3) is 0 Å². The van der Waals surface area contributed by atoms with Crippen LogP contribution in [0, 0.1) is 0 Å². The predicted molar refractivity (Wildman–Crippen MR) is 239 cm³/mol. The summed E-state index contributed by atoms with van der Waals surface area (Å²) in [5, 5.41) is 48.8. The van der Waals surface area contributed by atoms with Gasteiger partial charge in [-0.05, 0) is 43.9 Å². The molecule has 1 heterocycles. The van der Waals surface area contributed by atoms with Crippen LogP contribution in [-0.4, -0.2) is 112 Å². The van der Waals surface area contributed by atoms with Crippen molar-refractivity contribution in [2.24, 2.45) is 5.73 Å². The van der Waals surface area contributed by atoms with E-state index in [1.165, 1.54) is 115 Å². The van der Waals surface area contributed by atoms with Gasteiger partial charge < -0.3 is 56.3 Å². The Morgan fingerprint density at radius 1 is 0.762 bits per heavy atom. The normalized spacial score (nSPS) is 20.1. The zero-order valence-electron chi connectivity index (χ0n) is 38.2. The molecule has 0 aliphatic carbocycles. The van der Waals surface area contributed by atoms with Crippen molar-refractivity contribution in [2.75, 3.05) is 13.2 Å². The molecule has 9 N–H and O–H groups in total. The average Bonchev–Trinajstić information content (AvgIpc) is 3.24. The van der Waals surface area contributed by atoms with Crippen LogP contribution in [0.5, 0.6) is 5.75 Å². The molecule has 63 heavy (non-hydrogen) atoms. The van der Waals surface area contributed by atoms with Crippen molar-refractivity contribution in [1.82, 2.24) is 16.0 Å². The highest BCUT2D eigenvalue weighted by atomic mass is 16.6. The van der Waals surface area contributed by atoms with Gasteiger partial charge in [-0.1, -0.05) is 135 Å². The van der Waals surface area contributed by atoms with E-state index in [1.54, 1.807) is 19.1 Å². The van der Waals surface area contributed by atoms with Crippen LogP contribution in [0.4, 0.5) is 0 Å². The number of carbonyl (C=O) groups is 5. The van der Waals surface area contributed by atoms with E-state index in [1.807, 2.05) is 0 Å². The molecule has 1 unspecified atom stereocenters. The van der Waals surface area contributed by atoms with Gasteiger partial charge in [-0.2, -0.15) is 0 Å². The maximum absolute atomic E-state index is 13.6. The average molecular weight is 893 g/mol. The fraction of sp³-hybridized carbons (Fsp3) is 0.766. The lowest BCUT2D eigenvalue weighted by Crippen LogP contribution is -2.65. The SMILES string of the molecule is CCCCCCCCCCCCCCCCCCCCCC(=O)OC(=O)CC[C@@H](NC(=O)[C@H](Cc1ccc(O)cc1)NCC(C)O[C@H]1[C@H](O)[C@@H](CO)O[C@H](O)[C@@H]1NC(C)=O)C(N)=O. The number of amides is 3. The molecule has 1 aliphatic rings. The molecule has 0 bridgehead atoms. The molecular weight excluding hydrogens is 813 g/mol. The van der Waals surface area contributed by atoms with Crippen molar-refractivity contribution < 1.29 is 58.6 Å². The van der Waals surface area contributed by atoms with Crippen molar-refractivity contribution >= 4 is 29.7 Å². The number of ether oxygens (including phenoxy) is 3. The summed E-state index contributed by atoms with van der Waals surface area (Å²) in [4.78, 5) is 62.8. The Hall–Kier alpha value is -3.67. The van der Waals surface area contributed by atoms with Crippen LogP contribution in [0.1, 0.15) is 168 Å². The number of aliphatic hydroxyl groups excluding tert-OH is 3. The lowest BCUT2D eigenvalue weighted by molar-refractivity contribution is -0.267. The molecular formula is C47H80N4O12. The molecule has 2 rings (SSSR count). The molecule has 3 amide bonds. The molecule has 16 heteroatoms. The quantitative estimate of drug-likeness (QED) is 0.0257. The standard InChI is InChI=1S/C47H80N4O12/c1-4-5-6-7-8-9-10-11-12-13-14-15-16-17-18-19-20-21-22-23-40(55)63-41(56)29-28-37(45(48)58)51-46(59)38(30-35-24-26-36(54)27-25-35)49-31-33(2)61-44-42(50-34(3)53)47(60)62-39(32-52)43(44)57/h24-27,33,37-39,42-44,47,49,52,54,57,60H,4-23,28-32H2,1-3H3,(H2,48,58)(H,50,53)(H,51,59)/t33?,37-,38+,39-,42-,43-,44-,47+/m1/s1. The number of aliphatic hydroxyl groups is 3. The molecule has 0 saturated carbocycles. The Kier molecular flexibility index (Phi) is 29.0. The Labute approximate surface area is 375 Å². The largest absolute Gasteiger partial charge is 0.508 e. The van der Waals surface area contributed by atoms with Gasteiger partial charge in [0.15, 0.2) is 6.29 Å². The summed E-state index contributed by atoms with van der Waals surface area (Å²) in [6.45, 7) is 4.46. The molecule has 1 aromatic rings. The number of nitrogens with one attached hydrogen (secondary N) is 3. The maximum Gasteiger partial charge on any atom is 0.313 e. The van der Waals surface area contributed by atoms with E-state index in [4.69, 9.17) is 19.9 Å². The second kappa shape index (κ2) is 32.9. The summed E-state index contributed by atoms with van der Waals surface area (Å²) in [6.07, 6.45) is 17.1. The van der Waals surface area contributed by atoms with Crippen molar-refractivity contribution in [2.45, 2.75) is 217 Å². The number of unbranched alkanes of at least 4 members (excludes halogenated alkanes) is 18. The molecule has 1 aliphatic heterocycles. The van der Waals surface area contributed by atoms with Crippen LogP contribution in [0.15, 0.2) is 24.3 Å². The monoisotopic (exact) mass is 893 g/mol. The summed E-state index contributed by atoms with van der Waals surface area (Å²) in [5.41, 5.74) is 6.25. The molecule has 1 saturated heterocycles. The minimum atomic E-state index is -1.59. The summed E-state index contributed by atoms with van der Waals surface area (Å²) >= 11 is 0. The third-order valence-corrected chi connectivity index (χ3v) is 11.5. The van der Waals surface area contributed by atoms with Gasteiger partial charge in [-0.25, -0.2) is 0 Å². The number of phenolic OH excluding ortho intramolecular Hbond substituents is 1. The third kappa shape index (κ3) is 24.3. The first-order valence-electron chi connectivity index (χ1n) is 23.6. The van der Waals surface area contributed by atoms with E-state index in [9.17, 15) is 44.4 Å². The Morgan fingerprint density at radius 2 is 1.27 bits per heavy atom. The highest BCUT2D eigenvalue weighted by Crippen LogP contribution is 2.24. The van der Waals surface area contributed by atoms with Crippen LogP contribution in [0.3, 0.4) is 0 Å². The molecule has 8 atom stereocenters. The second-order valence-corrected chi connectivity index (χ2v) is 17.2. The number of benzene rings is 1.